The van der Waals surface area contributed by atoms with Crippen LogP contribution in [0.3, 0.4) is 0 Å². The molecule has 0 unspecified atom stereocenters. The minimum Gasteiger partial charge on any atom is -0.463 e. The van der Waals surface area contributed by atoms with Gasteiger partial charge in [-0.3, -0.25) is 4.79 Å². The van der Waals surface area contributed by atoms with E-state index < -0.39 is 11.8 Å². The molecule has 5 aromatic rings. The first kappa shape index (κ1) is 25.0. The first-order chi connectivity index (χ1) is 18.3. The molecule has 9 heteroatoms. The second kappa shape index (κ2) is 10.8. The normalized spacial score (nSPS) is 11.4. The Labute approximate surface area is 217 Å². The molecule has 0 aliphatic carbocycles. The Morgan fingerprint density at radius 2 is 1.82 bits per heavy atom. The molecule has 3 aromatic carbocycles. The molecule has 0 fully saturated rings. The third kappa shape index (κ3) is 6.01. The number of aromatic nitrogens is 2. The van der Waals surface area contributed by atoms with Crippen molar-refractivity contribution in [3.05, 3.63) is 114 Å². The van der Waals surface area contributed by atoms with Crippen molar-refractivity contribution >= 4 is 22.6 Å². The van der Waals surface area contributed by atoms with Gasteiger partial charge in [-0.2, -0.15) is 0 Å². The molecule has 0 saturated carbocycles. The molecule has 7 nitrogen and oxygen atoms in total. The van der Waals surface area contributed by atoms with E-state index >= 15 is 0 Å². The van der Waals surface area contributed by atoms with Gasteiger partial charge in [0.1, 0.15) is 23.9 Å². The van der Waals surface area contributed by atoms with E-state index in [-0.39, 0.29) is 16.8 Å². The molecular weight excluding hydrogens is 492 g/mol. The van der Waals surface area contributed by atoms with Gasteiger partial charge in [-0.05, 0) is 29.8 Å². The van der Waals surface area contributed by atoms with Crippen molar-refractivity contribution < 1.29 is 27.5 Å². The largest absolute Gasteiger partial charge is 0.463 e. The highest BCUT2D eigenvalue weighted by atomic mass is 19.3. The average molecular weight is 516 g/mol. The second-order valence-electron chi connectivity index (χ2n) is 8.66. The Morgan fingerprint density at radius 3 is 2.63 bits per heavy atom. The molecule has 38 heavy (non-hydrogen) atoms. The van der Waals surface area contributed by atoms with Crippen molar-refractivity contribution in [2.75, 3.05) is 5.32 Å². The van der Waals surface area contributed by atoms with Crippen molar-refractivity contribution in [2.24, 2.45) is 0 Å². The molecule has 1 N–H and O–H groups in total. The van der Waals surface area contributed by atoms with E-state index in [1.807, 2.05) is 30.3 Å². The fourth-order valence-electron chi connectivity index (χ4n) is 3.80. The van der Waals surface area contributed by atoms with Gasteiger partial charge in [0.2, 0.25) is 5.88 Å². The zero-order valence-corrected chi connectivity index (χ0v) is 20.4. The monoisotopic (exact) mass is 515 g/mol. The van der Waals surface area contributed by atoms with Crippen LogP contribution in [0.5, 0.6) is 11.6 Å². The lowest BCUT2D eigenvalue weighted by Gasteiger charge is -2.12. The summed E-state index contributed by atoms with van der Waals surface area (Å²) in [4.78, 5) is 21.2. The van der Waals surface area contributed by atoms with E-state index in [9.17, 15) is 13.6 Å². The standard InChI is InChI=1S/C29H23F2N3O4/c1-29(30,31)20-8-5-9-21(12-20)34-28(35)25-17-37-26-14-23(10-11-24(25)26)38-27-13-22(32-18-33-27)16-36-15-19-6-3-2-4-7-19/h2-14,17-18H,15-16H2,1H3,(H,34,35). The predicted octanol–water partition coefficient (Wildman–Crippen LogP) is 7.10. The molecule has 1 amide bonds. The number of carbonyl (C=O) groups is 1. The summed E-state index contributed by atoms with van der Waals surface area (Å²) >= 11 is 0. The van der Waals surface area contributed by atoms with Gasteiger partial charge in [-0.15, -0.1) is 0 Å². The fraction of sp³-hybridized carbons (Fsp3) is 0.138. The van der Waals surface area contributed by atoms with Crippen LogP contribution in [0.4, 0.5) is 14.5 Å². The highest BCUT2D eigenvalue weighted by Crippen LogP contribution is 2.31. The van der Waals surface area contributed by atoms with Gasteiger partial charge in [0, 0.05) is 35.7 Å². The first-order valence-corrected chi connectivity index (χ1v) is 11.8. The number of hydrogen-bond donors (Lipinski definition) is 1. The summed E-state index contributed by atoms with van der Waals surface area (Å²) in [5, 5.41) is 3.19. The first-order valence-electron chi connectivity index (χ1n) is 11.8. The second-order valence-corrected chi connectivity index (χ2v) is 8.66. The molecule has 192 valence electrons. The lowest BCUT2D eigenvalue weighted by Crippen LogP contribution is -2.13. The highest BCUT2D eigenvalue weighted by Gasteiger charge is 2.24. The van der Waals surface area contributed by atoms with Crippen LogP contribution in [0.2, 0.25) is 0 Å². The summed E-state index contributed by atoms with van der Waals surface area (Å²) in [6, 6.07) is 22.1. The van der Waals surface area contributed by atoms with Gasteiger partial charge in [-0.1, -0.05) is 42.5 Å². The number of hydrogen-bond acceptors (Lipinski definition) is 6. The fourth-order valence-corrected chi connectivity index (χ4v) is 3.80. The van der Waals surface area contributed by atoms with Crippen LogP contribution in [-0.4, -0.2) is 15.9 Å². The lowest BCUT2D eigenvalue weighted by atomic mass is 10.1. The maximum Gasteiger partial charge on any atom is 0.270 e. The van der Waals surface area contributed by atoms with Gasteiger partial charge in [0.25, 0.3) is 11.8 Å². The summed E-state index contributed by atoms with van der Waals surface area (Å²) in [6.07, 6.45) is 2.71. The Morgan fingerprint density at radius 1 is 0.974 bits per heavy atom. The van der Waals surface area contributed by atoms with Gasteiger partial charge in [0.15, 0.2) is 0 Å². The average Bonchev–Trinajstić information content (AvgIpc) is 3.33. The van der Waals surface area contributed by atoms with Crippen molar-refractivity contribution in [3.8, 4) is 11.6 Å². The molecule has 0 radical (unpaired) electrons. The number of halogens is 2. The van der Waals surface area contributed by atoms with Crippen LogP contribution in [0.15, 0.2) is 95.9 Å². The Balaban J connectivity index is 1.24. The number of carbonyl (C=O) groups excluding carboxylic acids is 1. The smallest absolute Gasteiger partial charge is 0.270 e. The van der Waals surface area contributed by atoms with Crippen LogP contribution >= 0.6 is 0 Å². The summed E-state index contributed by atoms with van der Waals surface area (Å²) < 4.78 is 44.4. The van der Waals surface area contributed by atoms with Gasteiger partial charge < -0.3 is 19.2 Å². The molecule has 2 heterocycles. The van der Waals surface area contributed by atoms with E-state index in [1.54, 1.807) is 30.3 Å². The minimum atomic E-state index is -3.01. The summed E-state index contributed by atoms with van der Waals surface area (Å²) in [7, 11) is 0. The molecule has 0 saturated heterocycles. The number of ether oxygens (including phenoxy) is 2. The number of nitrogens with one attached hydrogen (secondary N) is 1. The van der Waals surface area contributed by atoms with Crippen molar-refractivity contribution in [2.45, 2.75) is 26.1 Å². The topological polar surface area (TPSA) is 86.5 Å². The predicted molar refractivity (Wildman–Crippen MR) is 137 cm³/mol. The Bertz CT molecular complexity index is 1570. The number of rotatable bonds is 9. The van der Waals surface area contributed by atoms with Crippen LogP contribution in [-0.2, 0) is 23.9 Å². The molecule has 0 aliphatic heterocycles. The maximum absolute atomic E-state index is 13.6. The molecule has 0 spiro atoms. The Kier molecular flexibility index (Phi) is 7.10. The molecule has 5 rings (SSSR count). The molecule has 2 aromatic heterocycles. The van der Waals surface area contributed by atoms with Crippen molar-refractivity contribution in [1.29, 1.82) is 0 Å². The summed E-state index contributed by atoms with van der Waals surface area (Å²) in [6.45, 7) is 1.56. The van der Waals surface area contributed by atoms with E-state index in [1.165, 1.54) is 30.8 Å². The highest BCUT2D eigenvalue weighted by molar-refractivity contribution is 6.12. The van der Waals surface area contributed by atoms with E-state index in [0.29, 0.717) is 41.5 Å². The number of anilines is 1. The third-order valence-corrected chi connectivity index (χ3v) is 5.70. The number of fused-ring (bicyclic) bond motifs is 1. The quantitative estimate of drug-likeness (QED) is 0.225. The molecule has 0 bridgehead atoms. The van der Waals surface area contributed by atoms with E-state index in [2.05, 4.69) is 15.3 Å². The van der Waals surface area contributed by atoms with Crippen LogP contribution in [0.25, 0.3) is 11.0 Å². The molecule has 0 aliphatic rings. The summed E-state index contributed by atoms with van der Waals surface area (Å²) in [5.74, 6) is -2.72. The van der Waals surface area contributed by atoms with Crippen molar-refractivity contribution in [3.63, 3.8) is 0 Å². The third-order valence-electron chi connectivity index (χ3n) is 5.70. The number of benzene rings is 3. The van der Waals surface area contributed by atoms with Crippen molar-refractivity contribution in [1.82, 2.24) is 9.97 Å². The molecular formula is C29H23F2N3O4. The number of nitrogens with zero attached hydrogens (tertiary/aromatic N) is 2. The van der Waals surface area contributed by atoms with Gasteiger partial charge in [0.05, 0.1) is 24.5 Å². The number of furan rings is 1. The number of amides is 1. The zero-order chi connectivity index (χ0) is 26.5. The van der Waals surface area contributed by atoms with Crippen LogP contribution < -0.4 is 10.1 Å². The zero-order valence-electron chi connectivity index (χ0n) is 20.4. The van der Waals surface area contributed by atoms with Crippen LogP contribution in [0.1, 0.15) is 34.1 Å². The van der Waals surface area contributed by atoms with Gasteiger partial charge in [-0.25, -0.2) is 18.7 Å². The lowest BCUT2D eigenvalue weighted by molar-refractivity contribution is 0.0175. The van der Waals surface area contributed by atoms with Gasteiger partial charge >= 0.3 is 0 Å². The Hall–Kier alpha value is -4.63. The minimum absolute atomic E-state index is 0.190. The van der Waals surface area contributed by atoms with E-state index in [0.717, 1.165) is 12.5 Å². The number of alkyl halides is 2. The maximum atomic E-state index is 13.6. The summed E-state index contributed by atoms with van der Waals surface area (Å²) in [5.41, 5.74) is 2.48. The van der Waals surface area contributed by atoms with E-state index in [4.69, 9.17) is 13.9 Å². The SMILES string of the molecule is CC(F)(F)c1cccc(NC(=O)c2coc3cc(Oc4cc(COCc5ccccc5)ncn4)ccc23)c1. The molecule has 0 atom stereocenters. The van der Waals surface area contributed by atoms with Crippen LogP contribution in [0, 0.1) is 0 Å².